The lowest BCUT2D eigenvalue weighted by Gasteiger charge is -2.15. The SMILES string of the molecule is CCCn1c(=O)c2c(nc(-c3nccnc3OCC3CC3)n2Cc2ccccc2)n(C(C)C)c1=O. The maximum atomic E-state index is 13.7. The van der Waals surface area contributed by atoms with Gasteiger partial charge in [-0.25, -0.2) is 19.7 Å². The summed E-state index contributed by atoms with van der Waals surface area (Å²) < 4.78 is 10.8. The number of ether oxygens (including phenoxy) is 1. The summed E-state index contributed by atoms with van der Waals surface area (Å²) >= 11 is 0. The van der Waals surface area contributed by atoms with Gasteiger partial charge in [0.2, 0.25) is 5.88 Å². The van der Waals surface area contributed by atoms with Crippen LogP contribution in [-0.2, 0) is 13.1 Å². The van der Waals surface area contributed by atoms with E-state index in [4.69, 9.17) is 9.72 Å². The van der Waals surface area contributed by atoms with Crippen LogP contribution in [0.15, 0.2) is 52.3 Å². The molecule has 9 nitrogen and oxygen atoms in total. The fourth-order valence-electron chi connectivity index (χ4n) is 4.31. The maximum absolute atomic E-state index is 13.7. The molecule has 4 aromatic rings. The number of rotatable bonds is 9. The number of aromatic nitrogens is 6. The largest absolute Gasteiger partial charge is 0.476 e. The van der Waals surface area contributed by atoms with Gasteiger partial charge in [-0.1, -0.05) is 37.3 Å². The second-order valence-electron chi connectivity index (χ2n) is 9.35. The molecular weight excluding hydrogens is 444 g/mol. The first-order valence-corrected chi connectivity index (χ1v) is 12.2. The molecule has 1 fully saturated rings. The zero-order valence-electron chi connectivity index (χ0n) is 20.3. The minimum absolute atomic E-state index is 0.186. The van der Waals surface area contributed by atoms with E-state index in [0.717, 1.165) is 18.4 Å². The lowest BCUT2D eigenvalue weighted by Crippen LogP contribution is -2.41. The van der Waals surface area contributed by atoms with Gasteiger partial charge in [-0.15, -0.1) is 0 Å². The maximum Gasteiger partial charge on any atom is 0.332 e. The number of hydrogen-bond donors (Lipinski definition) is 0. The van der Waals surface area contributed by atoms with Crippen molar-refractivity contribution < 1.29 is 4.74 Å². The Labute approximate surface area is 203 Å². The summed E-state index contributed by atoms with van der Waals surface area (Å²) in [5, 5.41) is 0. The van der Waals surface area contributed by atoms with Gasteiger partial charge in [-0.2, -0.15) is 0 Å². The Morgan fingerprint density at radius 2 is 1.80 bits per heavy atom. The van der Waals surface area contributed by atoms with E-state index in [2.05, 4.69) is 9.97 Å². The standard InChI is InChI=1S/C26H30N6O3/c1-4-14-30-25(33)21-23(32(17(2)3)26(30)34)29-22(31(21)15-18-8-6-5-7-9-18)20-24(28-13-12-27-20)35-16-19-10-11-19/h5-9,12-13,17,19H,4,10-11,14-16H2,1-3H3. The van der Waals surface area contributed by atoms with Gasteiger partial charge in [0.15, 0.2) is 22.7 Å². The van der Waals surface area contributed by atoms with Gasteiger partial charge in [0, 0.05) is 31.5 Å². The van der Waals surface area contributed by atoms with Crippen molar-refractivity contribution in [3.05, 3.63) is 69.1 Å². The van der Waals surface area contributed by atoms with E-state index in [-0.39, 0.29) is 17.3 Å². The molecule has 0 unspecified atom stereocenters. The van der Waals surface area contributed by atoms with E-state index < -0.39 is 0 Å². The third-order valence-electron chi connectivity index (χ3n) is 6.24. The van der Waals surface area contributed by atoms with Gasteiger partial charge in [-0.05, 0) is 44.6 Å². The molecule has 0 bridgehead atoms. The Balaban J connectivity index is 1.80. The predicted octanol–water partition coefficient (Wildman–Crippen LogP) is 3.64. The summed E-state index contributed by atoms with van der Waals surface area (Å²) in [7, 11) is 0. The van der Waals surface area contributed by atoms with Gasteiger partial charge >= 0.3 is 5.69 Å². The average Bonchev–Trinajstić information content (AvgIpc) is 3.62. The van der Waals surface area contributed by atoms with Crippen molar-refractivity contribution in [2.45, 2.75) is 59.2 Å². The molecule has 0 atom stereocenters. The summed E-state index contributed by atoms with van der Waals surface area (Å²) in [6.45, 7) is 7.10. The monoisotopic (exact) mass is 474 g/mol. The highest BCUT2D eigenvalue weighted by atomic mass is 16.5. The van der Waals surface area contributed by atoms with Crippen LogP contribution in [0.4, 0.5) is 0 Å². The fraction of sp³-hybridized carbons (Fsp3) is 0.423. The van der Waals surface area contributed by atoms with Crippen LogP contribution in [0, 0.1) is 5.92 Å². The van der Waals surface area contributed by atoms with Crippen molar-refractivity contribution in [2.75, 3.05) is 6.61 Å². The molecule has 9 heteroatoms. The third-order valence-corrected chi connectivity index (χ3v) is 6.24. The average molecular weight is 475 g/mol. The number of hydrogen-bond acceptors (Lipinski definition) is 6. The second-order valence-corrected chi connectivity index (χ2v) is 9.35. The second kappa shape index (κ2) is 9.48. The number of imidazole rings is 1. The van der Waals surface area contributed by atoms with Crippen molar-refractivity contribution in [3.8, 4) is 17.4 Å². The zero-order valence-corrected chi connectivity index (χ0v) is 20.3. The Morgan fingerprint density at radius 1 is 1.06 bits per heavy atom. The lowest BCUT2D eigenvalue weighted by molar-refractivity contribution is 0.288. The van der Waals surface area contributed by atoms with E-state index in [1.807, 2.05) is 55.7 Å². The van der Waals surface area contributed by atoms with Crippen LogP contribution in [-0.4, -0.2) is 35.3 Å². The van der Waals surface area contributed by atoms with Gasteiger partial charge in [0.05, 0.1) is 6.61 Å². The summed E-state index contributed by atoms with van der Waals surface area (Å²) in [4.78, 5) is 40.9. The van der Waals surface area contributed by atoms with Crippen molar-refractivity contribution in [1.29, 1.82) is 0 Å². The van der Waals surface area contributed by atoms with E-state index in [1.165, 1.54) is 4.57 Å². The van der Waals surface area contributed by atoms with Crippen LogP contribution in [0.1, 0.15) is 51.6 Å². The minimum atomic E-state index is -0.348. The Hall–Kier alpha value is -3.75. The molecule has 3 aromatic heterocycles. The van der Waals surface area contributed by atoms with Gasteiger partial charge < -0.3 is 9.30 Å². The molecule has 0 saturated heterocycles. The zero-order chi connectivity index (χ0) is 24.5. The predicted molar refractivity (Wildman–Crippen MR) is 134 cm³/mol. The molecule has 0 spiro atoms. The highest BCUT2D eigenvalue weighted by Crippen LogP contribution is 2.32. The molecule has 1 aliphatic carbocycles. The van der Waals surface area contributed by atoms with Gasteiger partial charge in [-0.3, -0.25) is 13.9 Å². The first kappa shape index (κ1) is 23.0. The van der Waals surface area contributed by atoms with Crippen molar-refractivity contribution >= 4 is 11.2 Å². The van der Waals surface area contributed by atoms with Crippen LogP contribution in [0.25, 0.3) is 22.7 Å². The third kappa shape index (κ3) is 4.38. The molecule has 3 heterocycles. The Morgan fingerprint density at radius 3 is 2.49 bits per heavy atom. The van der Waals surface area contributed by atoms with Gasteiger partial charge in [0.1, 0.15) is 0 Å². The first-order valence-electron chi connectivity index (χ1n) is 12.2. The fourth-order valence-corrected chi connectivity index (χ4v) is 4.31. The topological polar surface area (TPSA) is 96.8 Å². The normalized spacial score (nSPS) is 13.6. The van der Waals surface area contributed by atoms with E-state index in [0.29, 0.717) is 60.6 Å². The van der Waals surface area contributed by atoms with E-state index >= 15 is 0 Å². The molecule has 5 rings (SSSR count). The number of fused-ring (bicyclic) bond motifs is 1. The molecule has 1 aliphatic rings. The molecule has 1 saturated carbocycles. The Kier molecular flexibility index (Phi) is 6.23. The summed E-state index contributed by atoms with van der Waals surface area (Å²) in [6, 6.07) is 9.68. The molecule has 182 valence electrons. The van der Waals surface area contributed by atoms with Crippen LogP contribution in [0.3, 0.4) is 0 Å². The van der Waals surface area contributed by atoms with Crippen LogP contribution < -0.4 is 16.0 Å². The quantitative estimate of drug-likeness (QED) is 0.367. The molecule has 0 amide bonds. The number of nitrogens with zero attached hydrogens (tertiary/aromatic N) is 6. The van der Waals surface area contributed by atoms with E-state index in [9.17, 15) is 9.59 Å². The van der Waals surface area contributed by atoms with Crippen molar-refractivity contribution in [3.63, 3.8) is 0 Å². The highest BCUT2D eigenvalue weighted by molar-refractivity contribution is 5.77. The van der Waals surface area contributed by atoms with Crippen molar-refractivity contribution in [1.82, 2.24) is 28.7 Å². The molecule has 0 radical (unpaired) electrons. The summed E-state index contributed by atoms with van der Waals surface area (Å²) in [6.07, 6.45) is 6.16. The van der Waals surface area contributed by atoms with Crippen molar-refractivity contribution in [2.24, 2.45) is 5.92 Å². The summed E-state index contributed by atoms with van der Waals surface area (Å²) in [5.41, 5.74) is 1.50. The highest BCUT2D eigenvalue weighted by Gasteiger charge is 2.27. The first-order chi connectivity index (χ1) is 17.0. The van der Waals surface area contributed by atoms with E-state index in [1.54, 1.807) is 17.0 Å². The van der Waals surface area contributed by atoms with Crippen LogP contribution in [0.2, 0.25) is 0 Å². The van der Waals surface area contributed by atoms with Crippen LogP contribution >= 0.6 is 0 Å². The number of benzene rings is 1. The smallest absolute Gasteiger partial charge is 0.332 e. The van der Waals surface area contributed by atoms with Crippen LogP contribution in [0.5, 0.6) is 5.88 Å². The molecule has 0 N–H and O–H groups in total. The minimum Gasteiger partial charge on any atom is -0.476 e. The molecule has 35 heavy (non-hydrogen) atoms. The van der Waals surface area contributed by atoms with Gasteiger partial charge in [0.25, 0.3) is 5.56 Å². The molecule has 1 aromatic carbocycles. The molecular formula is C26H30N6O3. The Bertz CT molecular complexity index is 1460. The summed E-state index contributed by atoms with van der Waals surface area (Å²) in [5.74, 6) is 1.39. The lowest BCUT2D eigenvalue weighted by atomic mass is 10.2. The molecule has 0 aliphatic heterocycles.